The van der Waals surface area contributed by atoms with Gasteiger partial charge >= 0.3 is 0 Å². The number of aryl methyl sites for hydroxylation is 1. The van der Waals surface area contributed by atoms with Crippen LogP contribution in [-0.4, -0.2) is 34.7 Å². The van der Waals surface area contributed by atoms with E-state index in [2.05, 4.69) is 50.5 Å². The summed E-state index contributed by atoms with van der Waals surface area (Å²) in [6, 6.07) is 13.9. The summed E-state index contributed by atoms with van der Waals surface area (Å²) in [5.41, 5.74) is 5.26. The van der Waals surface area contributed by atoms with Crippen LogP contribution in [0.3, 0.4) is 0 Å². The number of aromatic amines is 1. The molecule has 1 aromatic carbocycles. The smallest absolute Gasteiger partial charge is 0.253 e. The van der Waals surface area contributed by atoms with Gasteiger partial charge in [-0.05, 0) is 24.6 Å². The van der Waals surface area contributed by atoms with Gasteiger partial charge in [-0.3, -0.25) is 4.98 Å². The van der Waals surface area contributed by atoms with Gasteiger partial charge in [0.25, 0.3) is 5.95 Å². The second-order valence-electron chi connectivity index (χ2n) is 7.56. The highest BCUT2D eigenvalue weighted by molar-refractivity contribution is 5.89. The van der Waals surface area contributed by atoms with E-state index in [9.17, 15) is 0 Å². The van der Waals surface area contributed by atoms with E-state index in [1.807, 2.05) is 30.5 Å². The van der Waals surface area contributed by atoms with Crippen LogP contribution in [-0.2, 0) is 0 Å². The molecule has 160 valence electrons. The highest BCUT2D eigenvalue weighted by atomic mass is 16.3. The molecule has 0 radical (unpaired) electrons. The Hall–Kier alpha value is -4.79. The van der Waals surface area contributed by atoms with Crippen LogP contribution in [0.5, 0.6) is 0 Å². The Balaban J connectivity index is 1.47. The summed E-state index contributed by atoms with van der Waals surface area (Å²) in [6.07, 6.45) is 10.5. The van der Waals surface area contributed by atoms with Gasteiger partial charge in [0.05, 0.1) is 12.5 Å². The van der Waals surface area contributed by atoms with Crippen molar-refractivity contribution in [1.29, 1.82) is 0 Å². The van der Waals surface area contributed by atoms with Crippen LogP contribution in [0.25, 0.3) is 39.5 Å². The number of hydrogen-bond donors (Lipinski definition) is 2. The molecule has 6 rings (SSSR count). The Morgan fingerprint density at radius 2 is 1.94 bits per heavy atom. The number of aromatic nitrogens is 7. The maximum Gasteiger partial charge on any atom is 0.253 e. The van der Waals surface area contributed by atoms with E-state index in [1.54, 1.807) is 35.8 Å². The van der Waals surface area contributed by atoms with E-state index in [0.717, 1.165) is 16.7 Å². The molecule has 0 aliphatic rings. The summed E-state index contributed by atoms with van der Waals surface area (Å²) in [7, 11) is 0. The molecule has 0 spiro atoms. The highest BCUT2D eigenvalue weighted by Crippen LogP contribution is 2.32. The third kappa shape index (κ3) is 3.61. The van der Waals surface area contributed by atoms with Crippen LogP contribution in [0.4, 0.5) is 11.6 Å². The summed E-state index contributed by atoms with van der Waals surface area (Å²) in [5.74, 6) is 2.17. The molecule has 5 aromatic heterocycles. The molecular formula is C24H18N8O. The van der Waals surface area contributed by atoms with E-state index in [0.29, 0.717) is 34.4 Å². The van der Waals surface area contributed by atoms with Gasteiger partial charge in [-0.25, -0.2) is 14.6 Å². The maximum absolute atomic E-state index is 6.12. The topological polar surface area (TPSA) is 110 Å². The van der Waals surface area contributed by atoms with Gasteiger partial charge in [0, 0.05) is 42.0 Å². The zero-order chi connectivity index (χ0) is 22.2. The lowest BCUT2D eigenvalue weighted by Gasteiger charge is -2.06. The first-order chi connectivity index (χ1) is 16.2. The lowest BCUT2D eigenvalue weighted by Crippen LogP contribution is -2.04. The Kier molecular flexibility index (Phi) is 4.43. The van der Waals surface area contributed by atoms with Gasteiger partial charge in [0.1, 0.15) is 17.1 Å². The molecule has 0 aliphatic heterocycles. The zero-order valence-corrected chi connectivity index (χ0v) is 17.6. The number of pyridine rings is 1. The number of hydrogen-bond acceptors (Lipinski definition) is 7. The Labute approximate surface area is 188 Å². The molecule has 0 unspecified atom stereocenters. The normalized spacial score (nSPS) is 11.2. The average molecular weight is 434 g/mol. The Bertz CT molecular complexity index is 1550. The van der Waals surface area contributed by atoms with Crippen LogP contribution < -0.4 is 5.32 Å². The number of rotatable bonds is 5. The zero-order valence-electron chi connectivity index (χ0n) is 17.6. The van der Waals surface area contributed by atoms with Crippen molar-refractivity contribution in [3.05, 3.63) is 85.3 Å². The van der Waals surface area contributed by atoms with Crippen molar-refractivity contribution in [3.8, 4) is 28.4 Å². The first-order valence-electron chi connectivity index (χ1n) is 10.3. The quantitative estimate of drug-likeness (QED) is 0.396. The molecule has 33 heavy (non-hydrogen) atoms. The van der Waals surface area contributed by atoms with Crippen molar-refractivity contribution < 1.29 is 4.42 Å². The van der Waals surface area contributed by atoms with Crippen LogP contribution in [0.15, 0.2) is 84.2 Å². The van der Waals surface area contributed by atoms with Crippen LogP contribution in [0.1, 0.15) is 5.56 Å². The minimum Gasteiger partial charge on any atom is -0.450 e. The highest BCUT2D eigenvalue weighted by Gasteiger charge is 2.17. The van der Waals surface area contributed by atoms with E-state index in [4.69, 9.17) is 14.4 Å². The first kappa shape index (κ1) is 18.9. The molecule has 9 heteroatoms. The molecule has 0 aliphatic carbocycles. The summed E-state index contributed by atoms with van der Waals surface area (Å²) in [4.78, 5) is 20.7. The van der Waals surface area contributed by atoms with Crippen molar-refractivity contribution in [2.45, 2.75) is 6.92 Å². The van der Waals surface area contributed by atoms with Crippen LogP contribution in [0.2, 0.25) is 0 Å². The molecular weight excluding hydrogens is 416 g/mol. The number of fused-ring (bicyclic) bond motifs is 1. The fourth-order valence-electron chi connectivity index (χ4n) is 3.61. The van der Waals surface area contributed by atoms with E-state index in [1.165, 1.54) is 5.56 Å². The van der Waals surface area contributed by atoms with Crippen molar-refractivity contribution in [3.63, 3.8) is 0 Å². The fourth-order valence-corrected chi connectivity index (χ4v) is 3.61. The molecule has 0 atom stereocenters. The van der Waals surface area contributed by atoms with Gasteiger partial charge in [-0.15, -0.1) is 0 Å². The van der Waals surface area contributed by atoms with E-state index in [-0.39, 0.29) is 0 Å². The summed E-state index contributed by atoms with van der Waals surface area (Å²) >= 11 is 0. The predicted molar refractivity (Wildman–Crippen MR) is 124 cm³/mol. The van der Waals surface area contributed by atoms with Crippen molar-refractivity contribution in [2.75, 3.05) is 5.32 Å². The number of nitrogens with one attached hydrogen (secondary N) is 2. The molecule has 0 bridgehead atoms. The SMILES string of the molecule is Cc1cccc(-c2cnn(-c3nc(Nc4c[nH]cn4)c4oc(-c5cccnc5)cc4n3)c2)c1. The first-order valence-corrected chi connectivity index (χ1v) is 10.3. The summed E-state index contributed by atoms with van der Waals surface area (Å²) < 4.78 is 7.77. The number of benzene rings is 1. The van der Waals surface area contributed by atoms with Gasteiger partial charge in [-0.1, -0.05) is 29.8 Å². The minimum atomic E-state index is 0.415. The molecule has 2 N–H and O–H groups in total. The van der Waals surface area contributed by atoms with Crippen molar-refractivity contribution in [1.82, 2.24) is 34.7 Å². The standard InChI is InChI=1S/C24H18N8O/c1-15-4-2-5-16(8-15)18-11-28-32(13-18)24-29-19-9-20(17-6-3-7-25-10-17)33-22(19)23(31-24)30-21-12-26-14-27-21/h2-14H,1H3,(H,26,27)(H,29,30,31). The van der Waals surface area contributed by atoms with Crippen LogP contribution in [0, 0.1) is 6.92 Å². The maximum atomic E-state index is 6.12. The third-order valence-electron chi connectivity index (χ3n) is 5.19. The molecule has 0 saturated heterocycles. The van der Waals surface area contributed by atoms with Gasteiger partial charge in [0.2, 0.25) is 0 Å². The van der Waals surface area contributed by atoms with Gasteiger partial charge in [0.15, 0.2) is 11.4 Å². The lowest BCUT2D eigenvalue weighted by atomic mass is 10.1. The van der Waals surface area contributed by atoms with Gasteiger partial charge < -0.3 is 14.7 Å². The fraction of sp³-hybridized carbons (Fsp3) is 0.0417. The summed E-state index contributed by atoms with van der Waals surface area (Å²) in [5, 5.41) is 7.71. The number of anilines is 2. The lowest BCUT2D eigenvalue weighted by molar-refractivity contribution is 0.629. The van der Waals surface area contributed by atoms with Crippen LogP contribution >= 0.6 is 0 Å². The number of furan rings is 1. The van der Waals surface area contributed by atoms with Gasteiger partial charge in [-0.2, -0.15) is 10.1 Å². The number of imidazole rings is 1. The number of H-pyrrole nitrogens is 1. The van der Waals surface area contributed by atoms with Crippen molar-refractivity contribution >= 4 is 22.7 Å². The second kappa shape index (κ2) is 7.72. The Morgan fingerprint density at radius 3 is 2.76 bits per heavy atom. The summed E-state index contributed by atoms with van der Waals surface area (Å²) in [6.45, 7) is 2.07. The van der Waals surface area contributed by atoms with Crippen molar-refractivity contribution in [2.24, 2.45) is 0 Å². The molecule has 9 nitrogen and oxygen atoms in total. The average Bonchev–Trinajstić information content (AvgIpc) is 3.60. The molecule has 0 amide bonds. The second-order valence-corrected chi connectivity index (χ2v) is 7.56. The molecule has 6 aromatic rings. The largest absolute Gasteiger partial charge is 0.450 e. The minimum absolute atomic E-state index is 0.415. The Morgan fingerprint density at radius 1 is 1.00 bits per heavy atom. The number of nitrogens with zero attached hydrogens (tertiary/aromatic N) is 6. The predicted octanol–water partition coefficient (Wildman–Crippen LogP) is 4.91. The molecule has 0 saturated carbocycles. The van der Waals surface area contributed by atoms with E-state index < -0.39 is 0 Å². The molecule has 0 fully saturated rings. The monoisotopic (exact) mass is 434 g/mol. The van der Waals surface area contributed by atoms with E-state index >= 15 is 0 Å². The molecule has 5 heterocycles. The third-order valence-corrected chi connectivity index (χ3v) is 5.19.